The van der Waals surface area contributed by atoms with Crippen LogP contribution in [-0.2, 0) is 11.3 Å². The first-order valence-electron chi connectivity index (χ1n) is 9.18. The van der Waals surface area contributed by atoms with Crippen LogP contribution in [0.5, 0.6) is 11.5 Å². The second-order valence-electron chi connectivity index (χ2n) is 6.02. The van der Waals surface area contributed by atoms with Crippen LogP contribution in [0.2, 0.25) is 0 Å². The van der Waals surface area contributed by atoms with Gasteiger partial charge in [-0.25, -0.2) is 0 Å². The summed E-state index contributed by atoms with van der Waals surface area (Å²) in [5.74, 6) is 2.03. The van der Waals surface area contributed by atoms with Gasteiger partial charge in [0, 0.05) is 18.6 Å². The molecule has 29 heavy (non-hydrogen) atoms. The van der Waals surface area contributed by atoms with Crippen molar-refractivity contribution < 1.29 is 19.0 Å². The van der Waals surface area contributed by atoms with Gasteiger partial charge < -0.3 is 18.8 Å². The molecule has 8 heteroatoms. The average molecular weight is 433 g/mol. The van der Waals surface area contributed by atoms with Gasteiger partial charge in [0.15, 0.2) is 4.80 Å². The van der Waals surface area contributed by atoms with E-state index in [1.165, 1.54) is 11.3 Å². The molecule has 3 rings (SSSR count). The number of hydrogen-bond acceptors (Lipinski definition) is 6. The summed E-state index contributed by atoms with van der Waals surface area (Å²) in [6.45, 7) is 3.08. The van der Waals surface area contributed by atoms with Crippen LogP contribution in [0.3, 0.4) is 0 Å². The fourth-order valence-corrected chi connectivity index (χ4v) is 4.96. The number of fused-ring (bicyclic) bond motifs is 1. The maximum atomic E-state index is 13.0. The highest BCUT2D eigenvalue weighted by Crippen LogP contribution is 2.35. The average Bonchev–Trinajstić information content (AvgIpc) is 3.10. The largest absolute Gasteiger partial charge is 0.495 e. The molecule has 0 bridgehead atoms. The van der Waals surface area contributed by atoms with Crippen LogP contribution in [0.15, 0.2) is 46.3 Å². The molecule has 2 aromatic carbocycles. The molecule has 0 fully saturated rings. The highest BCUT2D eigenvalue weighted by Gasteiger charge is 2.17. The lowest BCUT2D eigenvalue weighted by Crippen LogP contribution is -2.19. The van der Waals surface area contributed by atoms with E-state index in [9.17, 15) is 4.79 Å². The molecular formula is C21H24N2O4S2. The topological polar surface area (TPSA) is 62.0 Å². The lowest BCUT2D eigenvalue weighted by Gasteiger charge is -2.10. The predicted molar refractivity (Wildman–Crippen MR) is 118 cm³/mol. The first-order valence-corrected chi connectivity index (χ1v) is 11.0. The van der Waals surface area contributed by atoms with Gasteiger partial charge in [0.2, 0.25) is 0 Å². The molecule has 0 atom stereocenters. The molecule has 0 saturated heterocycles. The highest BCUT2D eigenvalue weighted by atomic mass is 32.2. The van der Waals surface area contributed by atoms with Gasteiger partial charge in [-0.3, -0.25) is 4.79 Å². The summed E-state index contributed by atoms with van der Waals surface area (Å²) in [7, 11) is 4.90. The Morgan fingerprint density at radius 2 is 1.83 bits per heavy atom. The van der Waals surface area contributed by atoms with E-state index >= 15 is 0 Å². The number of thioether (sulfide) groups is 1. The molecule has 0 N–H and O–H groups in total. The molecule has 0 unspecified atom stereocenters. The summed E-state index contributed by atoms with van der Waals surface area (Å²) in [5, 5.41) is 0. The Labute approximate surface area is 178 Å². The zero-order valence-electron chi connectivity index (χ0n) is 16.9. The Bertz CT molecular complexity index is 1070. The van der Waals surface area contributed by atoms with Gasteiger partial charge >= 0.3 is 0 Å². The quantitative estimate of drug-likeness (QED) is 0.499. The Hall–Kier alpha value is -2.29. The van der Waals surface area contributed by atoms with Crippen LogP contribution in [0, 0.1) is 0 Å². The molecule has 6 nitrogen and oxygen atoms in total. The van der Waals surface area contributed by atoms with E-state index in [0.29, 0.717) is 35.0 Å². The summed E-state index contributed by atoms with van der Waals surface area (Å²) in [4.78, 5) is 19.0. The van der Waals surface area contributed by atoms with Crippen molar-refractivity contribution in [3.05, 3.63) is 46.8 Å². The second-order valence-corrected chi connectivity index (χ2v) is 8.31. The molecule has 0 spiro atoms. The van der Waals surface area contributed by atoms with Crippen molar-refractivity contribution in [2.75, 3.05) is 33.7 Å². The summed E-state index contributed by atoms with van der Waals surface area (Å²) in [6.07, 6.45) is 0. The van der Waals surface area contributed by atoms with Crippen LogP contribution in [0.25, 0.3) is 10.2 Å². The molecule has 0 aliphatic rings. The minimum Gasteiger partial charge on any atom is -0.495 e. The Balaban J connectivity index is 2.21. The van der Waals surface area contributed by atoms with Gasteiger partial charge in [-0.1, -0.05) is 30.4 Å². The zero-order chi connectivity index (χ0) is 20.8. The van der Waals surface area contributed by atoms with Crippen LogP contribution < -0.4 is 14.3 Å². The summed E-state index contributed by atoms with van der Waals surface area (Å²) >= 11 is 3.04. The molecular weight excluding hydrogens is 408 g/mol. The molecule has 1 amide bonds. The molecule has 1 heterocycles. The zero-order valence-corrected chi connectivity index (χ0v) is 18.6. The van der Waals surface area contributed by atoms with Crippen LogP contribution in [0.4, 0.5) is 0 Å². The fourth-order valence-electron chi connectivity index (χ4n) is 3.00. The van der Waals surface area contributed by atoms with Gasteiger partial charge in [-0.2, -0.15) is 4.99 Å². The number of aromatic nitrogens is 1. The van der Waals surface area contributed by atoms with E-state index in [1.807, 2.05) is 41.0 Å². The maximum Gasteiger partial charge on any atom is 0.280 e. The third-order valence-corrected chi connectivity index (χ3v) is 6.37. The number of benzene rings is 2. The van der Waals surface area contributed by atoms with E-state index in [-0.39, 0.29) is 5.91 Å². The number of ether oxygens (including phenoxy) is 3. The fraction of sp³-hybridized carbons (Fsp3) is 0.333. The molecule has 0 aliphatic carbocycles. The highest BCUT2D eigenvalue weighted by molar-refractivity contribution is 7.99. The number of hydrogen-bond donors (Lipinski definition) is 0. The lowest BCUT2D eigenvalue weighted by atomic mass is 10.2. The van der Waals surface area contributed by atoms with E-state index in [2.05, 4.69) is 11.9 Å². The standard InChI is InChI=1S/C21H24N2O4S2/c1-5-28-17-9-7-6-8-14(17)20(24)22-21-23(12-13-25-2)18-15(26-3)10-11-16(27-4)19(18)29-21/h6-11H,5,12-13H2,1-4H3. The van der Waals surface area contributed by atoms with E-state index in [1.54, 1.807) is 33.1 Å². The normalized spacial score (nSPS) is 11.8. The van der Waals surface area contributed by atoms with Gasteiger partial charge in [0.1, 0.15) is 21.7 Å². The van der Waals surface area contributed by atoms with Crippen molar-refractivity contribution in [3.8, 4) is 11.5 Å². The number of rotatable bonds is 8. The minimum atomic E-state index is -0.266. The Kier molecular flexibility index (Phi) is 7.35. The minimum absolute atomic E-state index is 0.266. The third-order valence-electron chi connectivity index (χ3n) is 4.33. The number of thiazole rings is 1. The van der Waals surface area contributed by atoms with E-state index in [4.69, 9.17) is 14.2 Å². The molecule has 3 aromatic rings. The van der Waals surface area contributed by atoms with Crippen molar-refractivity contribution in [3.63, 3.8) is 0 Å². The summed E-state index contributed by atoms with van der Waals surface area (Å²) in [6, 6.07) is 11.3. The van der Waals surface area contributed by atoms with Crippen LogP contribution >= 0.6 is 23.1 Å². The Morgan fingerprint density at radius 1 is 1.10 bits per heavy atom. The van der Waals surface area contributed by atoms with Crippen molar-refractivity contribution in [2.24, 2.45) is 4.99 Å². The van der Waals surface area contributed by atoms with Crippen molar-refractivity contribution in [2.45, 2.75) is 18.4 Å². The predicted octanol–water partition coefficient (Wildman–Crippen LogP) is 4.22. The monoisotopic (exact) mass is 432 g/mol. The number of carbonyl (C=O) groups is 1. The van der Waals surface area contributed by atoms with Gasteiger partial charge in [0.25, 0.3) is 5.91 Å². The van der Waals surface area contributed by atoms with E-state index < -0.39 is 0 Å². The van der Waals surface area contributed by atoms with Gasteiger partial charge in [-0.15, -0.1) is 11.8 Å². The SMILES string of the molecule is CCSc1ccccc1C(=O)N=c1sc2c(OC)ccc(OC)c2n1CCOC. The van der Waals surface area contributed by atoms with Crippen molar-refractivity contribution in [1.82, 2.24) is 4.57 Å². The number of methoxy groups -OCH3 is 3. The lowest BCUT2D eigenvalue weighted by molar-refractivity contribution is 0.0994. The van der Waals surface area contributed by atoms with E-state index in [0.717, 1.165) is 20.9 Å². The molecule has 0 saturated carbocycles. The van der Waals surface area contributed by atoms with Gasteiger partial charge in [-0.05, 0) is 30.0 Å². The smallest absolute Gasteiger partial charge is 0.280 e. The summed E-state index contributed by atoms with van der Waals surface area (Å²) < 4.78 is 19.2. The third kappa shape index (κ3) is 4.49. The summed E-state index contributed by atoms with van der Waals surface area (Å²) in [5.41, 5.74) is 1.45. The molecule has 154 valence electrons. The van der Waals surface area contributed by atoms with Gasteiger partial charge in [0.05, 0.1) is 26.4 Å². The molecule has 1 aromatic heterocycles. The second kappa shape index (κ2) is 9.96. The van der Waals surface area contributed by atoms with Crippen molar-refractivity contribution >= 4 is 39.2 Å². The Morgan fingerprint density at radius 3 is 2.52 bits per heavy atom. The maximum absolute atomic E-state index is 13.0. The first kappa shape index (κ1) is 21.4. The number of nitrogens with zero attached hydrogens (tertiary/aromatic N) is 2. The number of carbonyl (C=O) groups excluding carboxylic acids is 1. The number of amides is 1. The van der Waals surface area contributed by atoms with Crippen LogP contribution in [-0.4, -0.2) is 44.2 Å². The molecule has 0 aliphatic heterocycles. The van der Waals surface area contributed by atoms with Crippen molar-refractivity contribution in [1.29, 1.82) is 0 Å². The van der Waals surface area contributed by atoms with Crippen LogP contribution in [0.1, 0.15) is 17.3 Å². The first-order chi connectivity index (χ1) is 14.1. The molecule has 0 radical (unpaired) electrons.